The van der Waals surface area contributed by atoms with Crippen LogP contribution in [0, 0.1) is 0 Å². The number of nitrogens with one attached hydrogen (secondary N) is 2. The quantitative estimate of drug-likeness (QED) is 0.667. The molecule has 1 aliphatic carbocycles. The Morgan fingerprint density at radius 1 is 1.00 bits per heavy atom. The smallest absolute Gasteiger partial charge is 0.258 e. The van der Waals surface area contributed by atoms with E-state index in [1.54, 1.807) is 7.11 Å². The number of ether oxygens (including phenoxy) is 4. The second-order valence-electron chi connectivity index (χ2n) is 7.89. The molecule has 31 heavy (non-hydrogen) atoms. The minimum Gasteiger partial charge on any atom is -0.493 e. The fourth-order valence-electron chi connectivity index (χ4n) is 3.96. The van der Waals surface area contributed by atoms with Gasteiger partial charge >= 0.3 is 0 Å². The molecule has 0 radical (unpaired) electrons. The van der Waals surface area contributed by atoms with Gasteiger partial charge in [0.2, 0.25) is 0 Å². The van der Waals surface area contributed by atoms with E-state index in [4.69, 9.17) is 18.9 Å². The summed E-state index contributed by atoms with van der Waals surface area (Å²) >= 11 is 0. The molecule has 2 N–H and O–H groups in total. The zero-order chi connectivity index (χ0) is 21.5. The van der Waals surface area contributed by atoms with E-state index in [1.807, 2.05) is 36.4 Å². The number of hydrogen-bond donors (Lipinski definition) is 2. The summed E-state index contributed by atoms with van der Waals surface area (Å²) in [5.41, 5.74) is 1.98. The van der Waals surface area contributed by atoms with Crippen molar-refractivity contribution in [2.45, 2.75) is 44.7 Å². The van der Waals surface area contributed by atoms with Gasteiger partial charge in [0.05, 0.1) is 7.11 Å². The highest BCUT2D eigenvalue weighted by molar-refractivity contribution is 5.78. The van der Waals surface area contributed by atoms with Crippen LogP contribution in [0.3, 0.4) is 0 Å². The first-order valence-electron chi connectivity index (χ1n) is 10.9. The zero-order valence-corrected chi connectivity index (χ0v) is 17.9. The Kier molecular flexibility index (Phi) is 7.02. The molecule has 1 amide bonds. The van der Waals surface area contributed by atoms with E-state index in [0.717, 1.165) is 35.6 Å². The molecule has 1 saturated carbocycles. The first-order valence-corrected chi connectivity index (χ1v) is 10.9. The summed E-state index contributed by atoms with van der Waals surface area (Å²) in [6, 6.07) is 11.8. The predicted octanol–water partition coefficient (Wildman–Crippen LogP) is 3.91. The number of anilines is 1. The van der Waals surface area contributed by atoms with Crippen LogP contribution in [-0.2, 0) is 11.3 Å². The summed E-state index contributed by atoms with van der Waals surface area (Å²) < 4.78 is 22.4. The Morgan fingerprint density at radius 2 is 1.81 bits per heavy atom. The Hall–Kier alpha value is -3.09. The molecule has 2 aromatic rings. The molecular weight excluding hydrogens is 396 g/mol. The number of hydrogen-bond acceptors (Lipinski definition) is 6. The SMILES string of the molecule is COc1cc(CNc2ccc3c(c2)OCCO3)ccc1OCC(=O)NC1CCCCC1. The Balaban J connectivity index is 1.30. The number of benzene rings is 2. The third-order valence-corrected chi connectivity index (χ3v) is 5.60. The van der Waals surface area contributed by atoms with Gasteiger partial charge in [-0.25, -0.2) is 0 Å². The van der Waals surface area contributed by atoms with Crippen molar-refractivity contribution >= 4 is 11.6 Å². The summed E-state index contributed by atoms with van der Waals surface area (Å²) in [5, 5.41) is 6.45. The van der Waals surface area contributed by atoms with Crippen molar-refractivity contribution in [3.05, 3.63) is 42.0 Å². The lowest BCUT2D eigenvalue weighted by atomic mass is 9.95. The molecule has 1 aliphatic heterocycles. The molecule has 1 heterocycles. The lowest BCUT2D eigenvalue weighted by Gasteiger charge is -2.22. The lowest BCUT2D eigenvalue weighted by molar-refractivity contribution is -0.124. The van der Waals surface area contributed by atoms with Gasteiger partial charge in [-0.05, 0) is 42.7 Å². The predicted molar refractivity (Wildman–Crippen MR) is 118 cm³/mol. The highest BCUT2D eigenvalue weighted by atomic mass is 16.6. The average Bonchev–Trinajstić information content (AvgIpc) is 2.82. The summed E-state index contributed by atoms with van der Waals surface area (Å²) in [6.45, 7) is 1.74. The molecule has 0 atom stereocenters. The van der Waals surface area contributed by atoms with Crippen LogP contribution in [0.2, 0.25) is 0 Å². The minimum atomic E-state index is -0.0849. The van der Waals surface area contributed by atoms with Gasteiger partial charge in [-0.15, -0.1) is 0 Å². The van der Waals surface area contributed by atoms with E-state index >= 15 is 0 Å². The van der Waals surface area contributed by atoms with Crippen LogP contribution >= 0.6 is 0 Å². The van der Waals surface area contributed by atoms with Gasteiger partial charge in [0.1, 0.15) is 13.2 Å². The normalized spacial score (nSPS) is 15.8. The average molecular weight is 427 g/mol. The Bertz CT molecular complexity index is 896. The van der Waals surface area contributed by atoms with Gasteiger partial charge in [-0.3, -0.25) is 4.79 Å². The van der Waals surface area contributed by atoms with E-state index in [-0.39, 0.29) is 18.6 Å². The number of amides is 1. The fraction of sp³-hybridized carbons (Fsp3) is 0.458. The summed E-state index contributed by atoms with van der Waals surface area (Å²) in [6.07, 6.45) is 5.74. The van der Waals surface area contributed by atoms with Crippen LogP contribution < -0.4 is 29.6 Å². The molecule has 0 saturated heterocycles. The maximum absolute atomic E-state index is 12.2. The van der Waals surface area contributed by atoms with Crippen molar-refractivity contribution in [3.63, 3.8) is 0 Å². The van der Waals surface area contributed by atoms with Gasteiger partial charge in [0, 0.05) is 24.3 Å². The number of fused-ring (bicyclic) bond motifs is 1. The van der Waals surface area contributed by atoms with Crippen LogP contribution in [0.15, 0.2) is 36.4 Å². The first-order chi connectivity index (χ1) is 15.2. The lowest BCUT2D eigenvalue weighted by Crippen LogP contribution is -2.39. The molecule has 0 bridgehead atoms. The monoisotopic (exact) mass is 426 g/mol. The molecule has 2 aromatic carbocycles. The van der Waals surface area contributed by atoms with Gasteiger partial charge in [-0.1, -0.05) is 25.3 Å². The summed E-state index contributed by atoms with van der Waals surface area (Å²) in [4.78, 5) is 12.2. The number of carbonyl (C=O) groups is 1. The van der Waals surface area contributed by atoms with E-state index in [9.17, 15) is 4.79 Å². The van der Waals surface area contributed by atoms with Crippen molar-refractivity contribution in [1.82, 2.24) is 5.32 Å². The maximum Gasteiger partial charge on any atom is 0.258 e. The van der Waals surface area contributed by atoms with Crippen LogP contribution in [-0.4, -0.2) is 38.9 Å². The molecule has 4 rings (SSSR count). The van der Waals surface area contributed by atoms with E-state index in [2.05, 4.69) is 10.6 Å². The highest BCUT2D eigenvalue weighted by Gasteiger charge is 2.17. The van der Waals surface area contributed by atoms with Crippen molar-refractivity contribution < 1.29 is 23.7 Å². The minimum absolute atomic E-state index is 0.0122. The van der Waals surface area contributed by atoms with Gasteiger partial charge < -0.3 is 29.6 Å². The van der Waals surface area contributed by atoms with Crippen molar-refractivity contribution in [3.8, 4) is 23.0 Å². The Morgan fingerprint density at radius 3 is 2.61 bits per heavy atom. The van der Waals surface area contributed by atoms with Crippen molar-refractivity contribution in [2.24, 2.45) is 0 Å². The van der Waals surface area contributed by atoms with E-state index in [1.165, 1.54) is 19.3 Å². The first kappa shape index (κ1) is 21.2. The Labute approximate surface area is 183 Å². The van der Waals surface area contributed by atoms with Crippen LogP contribution in [0.4, 0.5) is 5.69 Å². The topological polar surface area (TPSA) is 78.1 Å². The van der Waals surface area contributed by atoms with E-state index < -0.39 is 0 Å². The second kappa shape index (κ2) is 10.3. The van der Waals surface area contributed by atoms with Gasteiger partial charge in [0.15, 0.2) is 29.6 Å². The highest BCUT2D eigenvalue weighted by Crippen LogP contribution is 2.33. The van der Waals surface area contributed by atoms with Crippen molar-refractivity contribution in [2.75, 3.05) is 32.2 Å². The molecule has 0 spiro atoms. The largest absolute Gasteiger partial charge is 0.493 e. The zero-order valence-electron chi connectivity index (χ0n) is 17.9. The van der Waals surface area contributed by atoms with Gasteiger partial charge in [0.25, 0.3) is 5.91 Å². The fourth-order valence-corrected chi connectivity index (χ4v) is 3.96. The second-order valence-corrected chi connectivity index (χ2v) is 7.89. The molecule has 7 nitrogen and oxygen atoms in total. The van der Waals surface area contributed by atoms with Crippen LogP contribution in [0.5, 0.6) is 23.0 Å². The van der Waals surface area contributed by atoms with Crippen LogP contribution in [0.25, 0.3) is 0 Å². The number of methoxy groups -OCH3 is 1. The molecule has 1 fully saturated rings. The maximum atomic E-state index is 12.2. The molecular formula is C24H30N2O5. The van der Waals surface area contributed by atoms with Gasteiger partial charge in [-0.2, -0.15) is 0 Å². The van der Waals surface area contributed by atoms with E-state index in [0.29, 0.717) is 31.3 Å². The van der Waals surface area contributed by atoms with Crippen LogP contribution in [0.1, 0.15) is 37.7 Å². The third kappa shape index (κ3) is 5.75. The summed E-state index contributed by atoms with van der Waals surface area (Å²) in [7, 11) is 1.60. The number of carbonyl (C=O) groups excluding carboxylic acids is 1. The molecule has 0 aromatic heterocycles. The molecule has 7 heteroatoms. The third-order valence-electron chi connectivity index (χ3n) is 5.60. The molecule has 2 aliphatic rings. The van der Waals surface area contributed by atoms with Crippen molar-refractivity contribution in [1.29, 1.82) is 0 Å². The molecule has 0 unspecified atom stereocenters. The summed E-state index contributed by atoms with van der Waals surface area (Å²) in [5.74, 6) is 2.60. The standard InChI is InChI=1S/C24H30N2O5/c1-28-22-13-17(15-25-19-8-10-21-23(14-19)30-12-11-29-21)7-9-20(22)31-16-24(27)26-18-5-3-2-4-6-18/h7-10,13-14,18,25H,2-6,11-12,15-16H2,1H3,(H,26,27). The molecule has 166 valence electrons. The number of rotatable bonds is 8.